The zero-order valence-corrected chi connectivity index (χ0v) is 26.3. The molecule has 5 rings (SSSR count). The van der Waals surface area contributed by atoms with E-state index in [4.69, 9.17) is 4.74 Å². The number of nitrogens with one attached hydrogen (secondary N) is 2. The van der Waals surface area contributed by atoms with Gasteiger partial charge < -0.3 is 25.4 Å². The second-order valence-corrected chi connectivity index (χ2v) is 13.1. The van der Waals surface area contributed by atoms with Crippen LogP contribution in [0.1, 0.15) is 60.3 Å². The van der Waals surface area contributed by atoms with Gasteiger partial charge in [0.05, 0.1) is 18.4 Å². The van der Waals surface area contributed by atoms with Gasteiger partial charge in [-0.15, -0.1) is 0 Å². The van der Waals surface area contributed by atoms with Crippen molar-refractivity contribution in [2.75, 3.05) is 30.3 Å². The molecule has 0 aliphatic carbocycles. The Morgan fingerprint density at radius 1 is 1.22 bits per heavy atom. The predicted octanol–water partition coefficient (Wildman–Crippen LogP) is 3.75. The summed E-state index contributed by atoms with van der Waals surface area (Å²) < 4.78 is 38.0. The number of carbonyl (C=O) groups is 1. The van der Waals surface area contributed by atoms with Crippen molar-refractivity contribution in [2.24, 2.45) is 7.05 Å². The Morgan fingerprint density at radius 2 is 1.98 bits per heavy atom. The molecule has 3 N–H and O–H groups in total. The molecule has 244 valence electrons. The van der Waals surface area contributed by atoms with E-state index in [9.17, 15) is 19.1 Å². The van der Waals surface area contributed by atoms with Crippen LogP contribution in [0.15, 0.2) is 23.1 Å². The fourth-order valence-corrected chi connectivity index (χ4v) is 6.31. The van der Waals surface area contributed by atoms with Crippen LogP contribution in [0.2, 0.25) is 0 Å². The van der Waals surface area contributed by atoms with Gasteiger partial charge in [-0.1, -0.05) is 0 Å². The highest BCUT2D eigenvalue weighted by atomic mass is 19.1. The van der Waals surface area contributed by atoms with Gasteiger partial charge in [-0.3, -0.25) is 4.90 Å². The summed E-state index contributed by atoms with van der Waals surface area (Å²) in [5.41, 5.74) is -1.45. The number of benzene rings is 1. The first kappa shape index (κ1) is 32.1. The minimum Gasteiger partial charge on any atom is -0.489 e. The Labute approximate surface area is 259 Å². The number of hydrogen-bond donors (Lipinski definition) is 3. The summed E-state index contributed by atoms with van der Waals surface area (Å²) in [5.74, 6) is -1.54. The SMILES string of the molecule is Cn1nnn(-c2cc(Nc3ncc(F)c(N[C@@H]4C[C@@H]5CCCN5C(C)(C)C4)n3)c(F)cc2OCCN(C(=O)O)C(C)(C)C)c1=O. The summed E-state index contributed by atoms with van der Waals surface area (Å²) in [6, 6.07) is 2.74. The van der Waals surface area contributed by atoms with Crippen LogP contribution in [0.5, 0.6) is 5.75 Å². The van der Waals surface area contributed by atoms with Crippen molar-refractivity contribution in [2.45, 2.75) is 83.5 Å². The molecule has 0 saturated carbocycles. The van der Waals surface area contributed by atoms with Gasteiger partial charge in [0.1, 0.15) is 18.0 Å². The number of carboxylic acid groups (broad SMARTS) is 1. The quantitative estimate of drug-likeness (QED) is 0.317. The maximum Gasteiger partial charge on any atom is 0.407 e. The molecule has 0 radical (unpaired) electrons. The monoisotopic (exact) mass is 630 g/mol. The average molecular weight is 631 g/mol. The first-order chi connectivity index (χ1) is 21.1. The molecule has 16 heteroatoms. The van der Waals surface area contributed by atoms with Gasteiger partial charge in [0.15, 0.2) is 17.5 Å². The molecule has 2 aliphatic rings. The normalized spacial score (nSPS) is 19.6. The van der Waals surface area contributed by atoms with E-state index in [1.165, 1.54) is 18.0 Å². The molecule has 2 atom stereocenters. The summed E-state index contributed by atoms with van der Waals surface area (Å²) in [6.45, 7) is 10.5. The van der Waals surface area contributed by atoms with E-state index in [1.807, 2.05) is 0 Å². The molecule has 3 aromatic rings. The molecule has 1 amide bonds. The smallest absolute Gasteiger partial charge is 0.407 e. The van der Waals surface area contributed by atoms with E-state index in [-0.39, 0.29) is 53.6 Å². The number of nitrogens with zero attached hydrogens (tertiary/aromatic N) is 8. The second-order valence-electron chi connectivity index (χ2n) is 13.1. The molecular formula is C29H40F2N10O4. The van der Waals surface area contributed by atoms with Crippen LogP contribution in [0, 0.1) is 11.6 Å². The number of ether oxygens (including phenoxy) is 1. The van der Waals surface area contributed by atoms with Crippen LogP contribution in [-0.4, -0.2) is 93.6 Å². The third kappa shape index (κ3) is 6.84. The lowest BCUT2D eigenvalue weighted by molar-refractivity contribution is 0.0500. The fourth-order valence-electron chi connectivity index (χ4n) is 6.31. The van der Waals surface area contributed by atoms with Gasteiger partial charge in [0.2, 0.25) is 5.95 Å². The van der Waals surface area contributed by atoms with Gasteiger partial charge in [0, 0.05) is 36.3 Å². The highest BCUT2D eigenvalue weighted by Crippen LogP contribution is 2.39. The van der Waals surface area contributed by atoms with E-state index in [0.29, 0.717) is 6.04 Å². The molecule has 2 aliphatic heterocycles. The molecule has 1 aromatic carbocycles. The molecule has 0 spiro atoms. The van der Waals surface area contributed by atoms with Crippen molar-refractivity contribution >= 4 is 23.5 Å². The van der Waals surface area contributed by atoms with Gasteiger partial charge in [-0.25, -0.2) is 23.4 Å². The van der Waals surface area contributed by atoms with Crippen LogP contribution in [0.25, 0.3) is 5.69 Å². The standard InChI is InChI=1S/C29H40F2N10O4/c1-28(2,3)40(27(43)44)10-11-45-23-13-19(30)21(14-22(23)41-26(42)38(6)36-37-41)34-25-32-16-20(31)24(35-25)33-17-12-18-8-7-9-39(18)29(4,5)15-17/h13-14,16-18H,7-12,15H2,1-6H3,(H,43,44)(H2,32,33,34,35)/t17-,18+/m1/s1. The van der Waals surface area contributed by atoms with E-state index in [0.717, 1.165) is 53.9 Å². The van der Waals surface area contributed by atoms with Crippen LogP contribution in [-0.2, 0) is 7.05 Å². The molecule has 2 saturated heterocycles. The highest BCUT2D eigenvalue weighted by Gasteiger charge is 2.43. The van der Waals surface area contributed by atoms with Crippen LogP contribution in [0.4, 0.5) is 31.0 Å². The van der Waals surface area contributed by atoms with Crippen molar-refractivity contribution in [3.63, 3.8) is 0 Å². The minimum atomic E-state index is -1.14. The number of tetrazole rings is 1. The zero-order chi connectivity index (χ0) is 32.7. The Hall–Kier alpha value is -4.34. The molecule has 2 fully saturated rings. The predicted molar refractivity (Wildman–Crippen MR) is 162 cm³/mol. The van der Waals surface area contributed by atoms with Gasteiger partial charge in [-0.2, -0.15) is 14.3 Å². The largest absolute Gasteiger partial charge is 0.489 e. The van der Waals surface area contributed by atoms with Crippen molar-refractivity contribution < 1.29 is 23.4 Å². The lowest BCUT2D eigenvalue weighted by Crippen LogP contribution is -2.55. The third-order valence-electron chi connectivity index (χ3n) is 8.40. The number of hydrogen-bond acceptors (Lipinski definition) is 10. The maximum absolute atomic E-state index is 15.5. The molecular weight excluding hydrogens is 590 g/mol. The molecule has 14 nitrogen and oxygen atoms in total. The molecule has 0 unspecified atom stereocenters. The Balaban J connectivity index is 1.39. The number of rotatable bonds is 9. The van der Waals surface area contributed by atoms with E-state index in [2.05, 4.69) is 49.8 Å². The minimum absolute atomic E-state index is 0.00441. The molecule has 2 aromatic heterocycles. The molecule has 0 bridgehead atoms. The number of aromatic nitrogens is 6. The molecule has 45 heavy (non-hydrogen) atoms. The van der Waals surface area contributed by atoms with Gasteiger partial charge in [-0.05, 0) is 83.3 Å². The zero-order valence-electron chi connectivity index (χ0n) is 26.3. The summed E-state index contributed by atoms with van der Waals surface area (Å²) >= 11 is 0. The van der Waals surface area contributed by atoms with Crippen molar-refractivity contribution in [1.29, 1.82) is 0 Å². The van der Waals surface area contributed by atoms with Crippen LogP contribution >= 0.6 is 0 Å². The van der Waals surface area contributed by atoms with Crippen molar-refractivity contribution in [3.8, 4) is 11.4 Å². The maximum atomic E-state index is 15.5. The second kappa shape index (κ2) is 12.2. The molecule has 4 heterocycles. The third-order valence-corrected chi connectivity index (χ3v) is 8.40. The van der Waals surface area contributed by atoms with E-state index >= 15 is 4.39 Å². The number of halogens is 2. The van der Waals surface area contributed by atoms with Gasteiger partial charge >= 0.3 is 11.8 Å². The number of piperidine rings is 1. The van der Waals surface area contributed by atoms with E-state index in [1.54, 1.807) is 20.8 Å². The summed E-state index contributed by atoms with van der Waals surface area (Å²) in [6.07, 6.45) is 3.80. The Bertz CT molecular complexity index is 1620. The van der Waals surface area contributed by atoms with Crippen LogP contribution in [0.3, 0.4) is 0 Å². The number of amides is 1. The number of anilines is 3. The Morgan fingerprint density at radius 3 is 2.64 bits per heavy atom. The van der Waals surface area contributed by atoms with Crippen molar-refractivity contribution in [3.05, 3.63) is 40.4 Å². The lowest BCUT2D eigenvalue weighted by Gasteiger charge is -2.47. The number of aryl methyl sites for hydroxylation is 1. The fraction of sp³-hybridized carbons (Fsp3) is 0.586. The van der Waals surface area contributed by atoms with Crippen molar-refractivity contribution in [1.82, 2.24) is 39.6 Å². The summed E-state index contributed by atoms with van der Waals surface area (Å²) in [5, 5.41) is 23.2. The first-order valence-corrected chi connectivity index (χ1v) is 14.9. The highest BCUT2D eigenvalue weighted by molar-refractivity contribution is 5.66. The van der Waals surface area contributed by atoms with Gasteiger partial charge in [0.25, 0.3) is 0 Å². The first-order valence-electron chi connectivity index (χ1n) is 14.9. The topological polar surface area (TPSA) is 156 Å². The summed E-state index contributed by atoms with van der Waals surface area (Å²) in [7, 11) is 1.40. The van der Waals surface area contributed by atoms with E-state index < -0.39 is 29.0 Å². The lowest BCUT2D eigenvalue weighted by atomic mass is 9.84. The number of fused-ring (bicyclic) bond motifs is 1. The van der Waals surface area contributed by atoms with Crippen LogP contribution < -0.4 is 21.1 Å². The average Bonchev–Trinajstić information content (AvgIpc) is 3.55. The summed E-state index contributed by atoms with van der Waals surface area (Å²) in [4.78, 5) is 36.5. The Kier molecular flexibility index (Phi) is 8.70.